The van der Waals surface area contributed by atoms with Crippen molar-refractivity contribution in [2.75, 3.05) is 13.1 Å². The minimum atomic E-state index is -0.549. The molecule has 0 saturated carbocycles. The Hall–Kier alpha value is -2.67. The van der Waals surface area contributed by atoms with E-state index < -0.39 is 4.92 Å². The molecule has 2 aromatic rings. The number of hydrogen-bond acceptors (Lipinski definition) is 5. The number of aryl methyl sites for hydroxylation is 1. The summed E-state index contributed by atoms with van der Waals surface area (Å²) in [6.45, 7) is 2.75. The molecule has 0 aliphatic carbocycles. The van der Waals surface area contributed by atoms with Gasteiger partial charge in [-0.2, -0.15) is 0 Å². The lowest BCUT2D eigenvalue weighted by Gasteiger charge is -2.17. The van der Waals surface area contributed by atoms with Gasteiger partial charge in [0.25, 0.3) is 11.6 Å². The van der Waals surface area contributed by atoms with E-state index in [1.54, 1.807) is 11.0 Å². The van der Waals surface area contributed by atoms with Gasteiger partial charge in [-0.05, 0) is 19.1 Å². The third-order valence-corrected chi connectivity index (χ3v) is 4.30. The minimum absolute atomic E-state index is 0.130. The average molecular weight is 362 g/mol. The number of rotatable bonds is 4. The molecule has 2 heterocycles. The van der Waals surface area contributed by atoms with Crippen molar-refractivity contribution in [3.05, 3.63) is 62.8 Å². The van der Waals surface area contributed by atoms with Crippen molar-refractivity contribution in [2.45, 2.75) is 19.4 Å². The number of amides is 1. The van der Waals surface area contributed by atoms with Crippen LogP contribution in [0, 0.1) is 17.0 Å². The smallest absolute Gasteiger partial charge is 0.270 e. The zero-order valence-corrected chi connectivity index (χ0v) is 14.3. The quantitative estimate of drug-likeness (QED) is 0.616. The topological polar surface area (TPSA) is 85.6 Å². The Labute approximate surface area is 149 Å². The molecule has 1 atom stereocenters. The van der Waals surface area contributed by atoms with Gasteiger partial charge < -0.3 is 9.64 Å². The number of carbonyl (C=O) groups is 1. The van der Waals surface area contributed by atoms with E-state index in [0.29, 0.717) is 25.4 Å². The van der Waals surface area contributed by atoms with Crippen LogP contribution in [0.5, 0.6) is 5.88 Å². The Morgan fingerprint density at radius 3 is 2.92 bits per heavy atom. The molecule has 3 rings (SSSR count). The number of carbonyl (C=O) groups excluding carboxylic acids is 1. The first-order valence-corrected chi connectivity index (χ1v) is 8.15. The zero-order chi connectivity index (χ0) is 18.0. The van der Waals surface area contributed by atoms with E-state index in [0.717, 1.165) is 5.69 Å². The van der Waals surface area contributed by atoms with Crippen molar-refractivity contribution in [3.63, 3.8) is 0 Å². The number of halogens is 1. The van der Waals surface area contributed by atoms with Crippen molar-refractivity contribution in [1.29, 1.82) is 0 Å². The van der Waals surface area contributed by atoms with Gasteiger partial charge in [-0.1, -0.05) is 17.7 Å². The highest BCUT2D eigenvalue weighted by molar-refractivity contribution is 6.33. The van der Waals surface area contributed by atoms with Gasteiger partial charge in [0.15, 0.2) is 0 Å². The molecular formula is C17H16ClN3O4. The van der Waals surface area contributed by atoms with Crippen LogP contribution in [0.25, 0.3) is 0 Å². The van der Waals surface area contributed by atoms with Crippen LogP contribution in [-0.2, 0) is 0 Å². The normalized spacial score (nSPS) is 16.7. The SMILES string of the molecule is Cc1cccc(OC2CCN(C(=O)c3cc([N+](=O)[O-])ccc3Cl)C2)n1. The van der Waals surface area contributed by atoms with Gasteiger partial charge in [0.05, 0.1) is 22.1 Å². The van der Waals surface area contributed by atoms with E-state index in [9.17, 15) is 14.9 Å². The van der Waals surface area contributed by atoms with Gasteiger partial charge in [-0.15, -0.1) is 0 Å². The fraction of sp³-hybridized carbons (Fsp3) is 0.294. The predicted molar refractivity (Wildman–Crippen MR) is 92.0 cm³/mol. The lowest BCUT2D eigenvalue weighted by atomic mass is 10.2. The summed E-state index contributed by atoms with van der Waals surface area (Å²) in [5.74, 6) is 0.185. The summed E-state index contributed by atoms with van der Waals surface area (Å²) >= 11 is 6.05. The third kappa shape index (κ3) is 3.88. The monoisotopic (exact) mass is 361 g/mol. The number of nitro benzene ring substituents is 1. The highest BCUT2D eigenvalue weighted by Crippen LogP contribution is 2.25. The Bertz CT molecular complexity index is 827. The van der Waals surface area contributed by atoms with E-state index in [1.165, 1.54) is 18.2 Å². The number of hydrogen-bond donors (Lipinski definition) is 0. The molecule has 8 heteroatoms. The molecule has 7 nitrogen and oxygen atoms in total. The molecule has 0 spiro atoms. The molecule has 25 heavy (non-hydrogen) atoms. The number of non-ortho nitro benzene ring substituents is 1. The van der Waals surface area contributed by atoms with Crippen LogP contribution in [-0.4, -0.2) is 39.9 Å². The van der Waals surface area contributed by atoms with Gasteiger partial charge in [0, 0.05) is 36.9 Å². The summed E-state index contributed by atoms with van der Waals surface area (Å²) in [6.07, 6.45) is 0.490. The van der Waals surface area contributed by atoms with Crippen molar-refractivity contribution in [2.24, 2.45) is 0 Å². The van der Waals surface area contributed by atoms with Crippen molar-refractivity contribution in [1.82, 2.24) is 9.88 Å². The Kier molecular flexibility index (Phi) is 4.85. The van der Waals surface area contributed by atoms with E-state index in [1.807, 2.05) is 19.1 Å². The zero-order valence-electron chi connectivity index (χ0n) is 13.5. The summed E-state index contributed by atoms with van der Waals surface area (Å²) in [5.41, 5.74) is 0.820. The Morgan fingerprint density at radius 2 is 2.20 bits per heavy atom. The molecule has 1 unspecified atom stereocenters. The fourth-order valence-electron chi connectivity index (χ4n) is 2.72. The van der Waals surface area contributed by atoms with Crippen molar-refractivity contribution >= 4 is 23.2 Å². The first-order valence-electron chi connectivity index (χ1n) is 7.77. The summed E-state index contributed by atoms with van der Waals surface area (Å²) in [4.78, 5) is 28.9. The van der Waals surface area contributed by atoms with Gasteiger partial charge in [0.2, 0.25) is 5.88 Å². The lowest BCUT2D eigenvalue weighted by molar-refractivity contribution is -0.384. The van der Waals surface area contributed by atoms with Crippen LogP contribution in [0.4, 0.5) is 5.69 Å². The van der Waals surface area contributed by atoms with Crippen molar-refractivity contribution < 1.29 is 14.5 Å². The molecule has 0 N–H and O–H groups in total. The number of benzene rings is 1. The molecule has 1 aromatic carbocycles. The molecule has 0 radical (unpaired) electrons. The summed E-state index contributed by atoms with van der Waals surface area (Å²) < 4.78 is 5.82. The fourth-order valence-corrected chi connectivity index (χ4v) is 2.92. The van der Waals surface area contributed by atoms with Gasteiger partial charge in [0.1, 0.15) is 6.10 Å². The largest absolute Gasteiger partial charge is 0.472 e. The highest BCUT2D eigenvalue weighted by atomic mass is 35.5. The first kappa shape index (κ1) is 17.2. The lowest BCUT2D eigenvalue weighted by Crippen LogP contribution is -2.31. The molecule has 1 aliphatic heterocycles. The molecule has 1 aliphatic rings. The van der Waals surface area contributed by atoms with Crippen LogP contribution in [0.1, 0.15) is 22.5 Å². The van der Waals surface area contributed by atoms with Crippen LogP contribution in [0.3, 0.4) is 0 Å². The van der Waals surface area contributed by atoms with E-state index in [4.69, 9.17) is 16.3 Å². The van der Waals surface area contributed by atoms with E-state index in [-0.39, 0.29) is 28.3 Å². The second-order valence-corrected chi connectivity index (χ2v) is 6.23. The van der Waals surface area contributed by atoms with Crippen LogP contribution in [0.15, 0.2) is 36.4 Å². The number of aromatic nitrogens is 1. The third-order valence-electron chi connectivity index (χ3n) is 3.97. The predicted octanol–water partition coefficient (Wildman–Crippen LogP) is 3.25. The molecule has 1 saturated heterocycles. The Morgan fingerprint density at radius 1 is 1.40 bits per heavy atom. The van der Waals surface area contributed by atoms with Gasteiger partial charge >= 0.3 is 0 Å². The summed E-state index contributed by atoms with van der Waals surface area (Å²) in [7, 11) is 0. The molecule has 1 fully saturated rings. The maximum Gasteiger partial charge on any atom is 0.270 e. The van der Waals surface area contributed by atoms with E-state index in [2.05, 4.69) is 4.98 Å². The summed E-state index contributed by atoms with van der Waals surface area (Å²) in [5, 5.41) is 11.1. The maximum absolute atomic E-state index is 12.6. The molecule has 1 aromatic heterocycles. The van der Waals surface area contributed by atoms with Gasteiger partial charge in [-0.25, -0.2) is 4.98 Å². The second kappa shape index (κ2) is 7.06. The average Bonchev–Trinajstić information content (AvgIpc) is 3.03. The molecule has 1 amide bonds. The number of nitro groups is 1. The Balaban J connectivity index is 1.70. The number of nitrogens with zero attached hydrogens (tertiary/aromatic N) is 3. The molecule has 0 bridgehead atoms. The van der Waals surface area contributed by atoms with Crippen LogP contribution >= 0.6 is 11.6 Å². The van der Waals surface area contributed by atoms with Crippen molar-refractivity contribution in [3.8, 4) is 5.88 Å². The van der Waals surface area contributed by atoms with Crippen LogP contribution < -0.4 is 4.74 Å². The second-order valence-electron chi connectivity index (χ2n) is 5.82. The molecule has 130 valence electrons. The first-order chi connectivity index (χ1) is 11.9. The minimum Gasteiger partial charge on any atom is -0.472 e. The number of pyridine rings is 1. The van der Waals surface area contributed by atoms with Gasteiger partial charge in [-0.3, -0.25) is 14.9 Å². The number of ether oxygens (including phenoxy) is 1. The highest BCUT2D eigenvalue weighted by Gasteiger charge is 2.30. The number of likely N-dealkylation sites (tertiary alicyclic amines) is 1. The maximum atomic E-state index is 12.6. The standard InChI is InChI=1S/C17H16ClN3O4/c1-11-3-2-4-16(19-11)25-13-7-8-20(10-13)17(22)14-9-12(21(23)24)5-6-15(14)18/h2-6,9,13H,7-8,10H2,1H3. The van der Waals surface area contributed by atoms with E-state index >= 15 is 0 Å². The summed E-state index contributed by atoms with van der Waals surface area (Å²) in [6, 6.07) is 9.36. The molecular weight excluding hydrogens is 346 g/mol. The van der Waals surface area contributed by atoms with Crippen LogP contribution in [0.2, 0.25) is 5.02 Å².